The van der Waals surface area contributed by atoms with Crippen molar-refractivity contribution in [3.63, 3.8) is 0 Å². The lowest BCUT2D eigenvalue weighted by molar-refractivity contribution is -0.137. The van der Waals surface area contributed by atoms with Crippen molar-refractivity contribution in [1.82, 2.24) is 9.13 Å². The molecule has 2 aromatic rings. The molecule has 36 heavy (non-hydrogen) atoms. The van der Waals surface area contributed by atoms with Crippen molar-refractivity contribution in [3.8, 4) is 0 Å². The Morgan fingerprint density at radius 1 is 1.22 bits per heavy atom. The Hall–Kier alpha value is -4.19. The zero-order valence-electron chi connectivity index (χ0n) is 19.8. The summed E-state index contributed by atoms with van der Waals surface area (Å²) in [4.78, 5) is 52.3. The average molecular weight is 499 g/mol. The van der Waals surface area contributed by atoms with Gasteiger partial charge in [0.1, 0.15) is 18.8 Å². The number of aliphatic hydroxyl groups excluding tert-OH is 1. The minimum atomic E-state index is -1.51. The summed E-state index contributed by atoms with van der Waals surface area (Å²) in [6, 6.07) is 5.46. The Labute approximate surface area is 204 Å². The number of carbonyl (C=O) groups excluding carboxylic acids is 2. The van der Waals surface area contributed by atoms with Crippen molar-refractivity contribution in [1.29, 1.82) is 0 Å². The van der Waals surface area contributed by atoms with Crippen molar-refractivity contribution < 1.29 is 28.9 Å². The van der Waals surface area contributed by atoms with Crippen LogP contribution < -0.4 is 11.2 Å². The first kappa shape index (κ1) is 26.4. The van der Waals surface area contributed by atoms with Gasteiger partial charge in [0.2, 0.25) is 0 Å². The smallest absolute Gasteiger partial charge is 0.338 e. The molecule has 4 atom stereocenters. The number of benzene rings is 1. The lowest BCUT2D eigenvalue weighted by Gasteiger charge is -2.19. The van der Waals surface area contributed by atoms with E-state index >= 15 is 0 Å². The number of esters is 2. The van der Waals surface area contributed by atoms with Gasteiger partial charge in [0.25, 0.3) is 5.56 Å². The highest BCUT2D eigenvalue weighted by atomic mass is 16.6. The molecule has 1 aliphatic rings. The number of azide groups is 1. The van der Waals surface area contributed by atoms with Crippen molar-refractivity contribution in [3.05, 3.63) is 84.5 Å². The third-order valence-corrected chi connectivity index (χ3v) is 5.42. The Kier molecular flexibility index (Phi) is 8.43. The van der Waals surface area contributed by atoms with Crippen LogP contribution in [0.3, 0.4) is 0 Å². The van der Waals surface area contributed by atoms with Crippen LogP contribution in [0.1, 0.15) is 34.6 Å². The number of hydrogen-bond donors (Lipinski definition) is 1. The number of aliphatic hydroxyl groups is 1. The van der Waals surface area contributed by atoms with Gasteiger partial charge in [-0.3, -0.25) is 9.36 Å². The summed E-state index contributed by atoms with van der Waals surface area (Å²) in [6.45, 7) is 4.63. The summed E-state index contributed by atoms with van der Waals surface area (Å²) in [5, 5.41) is 14.4. The second-order valence-corrected chi connectivity index (χ2v) is 7.96. The van der Waals surface area contributed by atoms with Crippen LogP contribution >= 0.6 is 0 Å². The Morgan fingerprint density at radius 3 is 2.56 bits per heavy atom. The highest BCUT2D eigenvalue weighted by Crippen LogP contribution is 2.31. The van der Waals surface area contributed by atoms with Crippen LogP contribution in [0.4, 0.5) is 0 Å². The van der Waals surface area contributed by atoms with Gasteiger partial charge in [-0.2, -0.15) is 0 Å². The van der Waals surface area contributed by atoms with Gasteiger partial charge in [0.05, 0.1) is 18.2 Å². The highest BCUT2D eigenvalue weighted by molar-refractivity contribution is 5.89. The summed E-state index contributed by atoms with van der Waals surface area (Å²) in [7, 11) is 0. The van der Waals surface area contributed by atoms with E-state index in [2.05, 4.69) is 10.0 Å². The van der Waals surface area contributed by atoms with Crippen LogP contribution in [0.5, 0.6) is 0 Å². The summed E-state index contributed by atoms with van der Waals surface area (Å²) in [5.41, 5.74) is 8.70. The molecule has 0 saturated carbocycles. The second kappa shape index (κ2) is 11.5. The Morgan fingerprint density at radius 2 is 1.92 bits per heavy atom. The fraction of sp³-hybridized carbons (Fsp3) is 0.391. The minimum Gasteiger partial charge on any atom is -0.463 e. The molecule has 1 saturated heterocycles. The van der Waals surface area contributed by atoms with E-state index in [9.17, 15) is 24.3 Å². The molecule has 1 aromatic carbocycles. The van der Waals surface area contributed by atoms with E-state index in [0.717, 1.165) is 22.4 Å². The molecular formula is C23H25N5O8. The molecule has 3 rings (SSSR count). The first-order chi connectivity index (χ1) is 17.2. The molecule has 0 unspecified atom stereocenters. The maximum Gasteiger partial charge on any atom is 0.338 e. The normalized spacial score (nSPS) is 21.2. The maximum absolute atomic E-state index is 13.0. The van der Waals surface area contributed by atoms with Crippen LogP contribution in [0.2, 0.25) is 0 Å². The first-order valence-electron chi connectivity index (χ1n) is 11.0. The molecule has 13 heteroatoms. The molecule has 0 spiro atoms. The van der Waals surface area contributed by atoms with Gasteiger partial charge in [-0.05, 0) is 38.4 Å². The summed E-state index contributed by atoms with van der Waals surface area (Å²) < 4.78 is 17.4. The summed E-state index contributed by atoms with van der Waals surface area (Å²) in [6.07, 6.45) is -0.921. The molecule has 1 fully saturated rings. The number of nitrogens with zero attached hydrogens (tertiary/aromatic N) is 5. The topological polar surface area (TPSA) is 175 Å². The van der Waals surface area contributed by atoms with Crippen LogP contribution in [0.25, 0.3) is 16.6 Å². The average Bonchev–Trinajstić information content (AvgIpc) is 3.15. The van der Waals surface area contributed by atoms with Gasteiger partial charge in [-0.1, -0.05) is 22.8 Å². The number of ether oxygens (including phenoxy) is 3. The third kappa shape index (κ3) is 5.71. The number of rotatable bonds is 8. The van der Waals surface area contributed by atoms with Gasteiger partial charge < -0.3 is 19.3 Å². The van der Waals surface area contributed by atoms with Gasteiger partial charge in [0.15, 0.2) is 6.23 Å². The monoisotopic (exact) mass is 499 g/mol. The van der Waals surface area contributed by atoms with Crippen LogP contribution in [0, 0.1) is 13.8 Å². The van der Waals surface area contributed by atoms with E-state index in [1.54, 1.807) is 31.2 Å². The van der Waals surface area contributed by atoms with Gasteiger partial charge in [-0.25, -0.2) is 19.0 Å². The molecule has 1 aromatic heterocycles. The fourth-order valence-corrected chi connectivity index (χ4v) is 3.59. The standard InChI is InChI=1S/C23H25N5O8/c1-4-34-17(29)9-10-27-20(31)14(3)11-28(23(27)33)21-19(30)18(25-26-24)16(36-21)12-35-22(32)15-7-5-13(2)6-8-15/h5-11,16,18-19,21,30H,4,12H2,1-3H3/b10-9+/t16-,18-,19-,21-/m1/s1. The highest BCUT2D eigenvalue weighted by Gasteiger charge is 2.45. The predicted octanol–water partition coefficient (Wildman–Crippen LogP) is 1.45. The van der Waals surface area contributed by atoms with E-state index < -0.39 is 47.7 Å². The number of aryl methyl sites for hydroxylation is 2. The van der Waals surface area contributed by atoms with Crippen molar-refractivity contribution >= 4 is 18.1 Å². The van der Waals surface area contributed by atoms with E-state index in [-0.39, 0.29) is 18.8 Å². The van der Waals surface area contributed by atoms with Gasteiger partial charge >= 0.3 is 17.6 Å². The zero-order valence-corrected chi connectivity index (χ0v) is 19.8. The molecule has 1 aliphatic heterocycles. The molecule has 2 heterocycles. The number of aromatic nitrogens is 2. The van der Waals surface area contributed by atoms with Gasteiger partial charge in [0, 0.05) is 28.9 Å². The van der Waals surface area contributed by atoms with Crippen molar-refractivity contribution in [2.45, 2.75) is 45.2 Å². The van der Waals surface area contributed by atoms with E-state index in [1.807, 2.05) is 6.92 Å². The molecule has 0 bridgehead atoms. The second-order valence-electron chi connectivity index (χ2n) is 7.96. The van der Waals surface area contributed by atoms with Crippen LogP contribution in [-0.4, -0.2) is 57.6 Å². The molecule has 13 nitrogen and oxygen atoms in total. The lowest BCUT2D eigenvalue weighted by Crippen LogP contribution is -2.42. The van der Waals surface area contributed by atoms with Crippen LogP contribution in [0.15, 0.2) is 51.2 Å². The van der Waals surface area contributed by atoms with Crippen LogP contribution in [-0.2, 0) is 19.0 Å². The largest absolute Gasteiger partial charge is 0.463 e. The molecular weight excluding hydrogens is 474 g/mol. The quantitative estimate of drug-likeness (QED) is 0.187. The van der Waals surface area contributed by atoms with Crippen molar-refractivity contribution in [2.24, 2.45) is 5.11 Å². The molecule has 190 valence electrons. The summed E-state index contributed by atoms with van der Waals surface area (Å²) in [5.74, 6) is -1.41. The molecule has 0 aliphatic carbocycles. The Bertz CT molecular complexity index is 1320. The third-order valence-electron chi connectivity index (χ3n) is 5.42. The number of hydrogen-bond acceptors (Lipinski definition) is 9. The number of carbonyl (C=O) groups is 2. The molecule has 0 radical (unpaired) electrons. The minimum absolute atomic E-state index is 0.105. The lowest BCUT2D eigenvalue weighted by atomic mass is 10.1. The van der Waals surface area contributed by atoms with E-state index in [4.69, 9.17) is 19.7 Å². The van der Waals surface area contributed by atoms with E-state index in [1.165, 1.54) is 13.1 Å². The molecule has 0 amide bonds. The first-order valence-corrected chi connectivity index (χ1v) is 11.0. The fourth-order valence-electron chi connectivity index (χ4n) is 3.59. The molecule has 1 N–H and O–H groups in total. The summed E-state index contributed by atoms with van der Waals surface area (Å²) >= 11 is 0. The van der Waals surface area contributed by atoms with E-state index in [0.29, 0.717) is 10.1 Å². The maximum atomic E-state index is 13.0. The SMILES string of the molecule is CCOC(=O)/C=C/n1c(=O)c(C)cn([C@@H]2O[C@H](COC(=O)c3ccc(C)cc3)[C@@H](N=[N+]=[N-])[C@H]2O)c1=O. The van der Waals surface area contributed by atoms with Crippen molar-refractivity contribution in [2.75, 3.05) is 13.2 Å². The Balaban J connectivity index is 1.88. The zero-order chi connectivity index (χ0) is 26.4. The van der Waals surface area contributed by atoms with Gasteiger partial charge in [-0.15, -0.1) is 0 Å². The predicted molar refractivity (Wildman–Crippen MR) is 126 cm³/mol.